The summed E-state index contributed by atoms with van der Waals surface area (Å²) in [5.41, 5.74) is 3.75. The van der Waals surface area contributed by atoms with Crippen molar-refractivity contribution >= 4 is 11.4 Å². The quantitative estimate of drug-likeness (QED) is 0.514. The van der Waals surface area contributed by atoms with Crippen molar-refractivity contribution in [3.05, 3.63) is 78.4 Å². The van der Waals surface area contributed by atoms with Gasteiger partial charge < -0.3 is 24.0 Å². The van der Waals surface area contributed by atoms with Crippen molar-refractivity contribution in [1.82, 2.24) is 0 Å². The van der Waals surface area contributed by atoms with E-state index in [9.17, 15) is 0 Å². The molecule has 162 valence electrons. The highest BCUT2D eigenvalue weighted by Gasteiger charge is 2.32. The first-order chi connectivity index (χ1) is 15.2. The van der Waals surface area contributed by atoms with E-state index < -0.39 is 0 Å². The number of nitrogens with zero attached hydrogens (tertiary/aromatic N) is 2. The van der Waals surface area contributed by atoms with Crippen molar-refractivity contribution in [1.29, 1.82) is 0 Å². The zero-order chi connectivity index (χ0) is 21.6. The average molecular weight is 419 g/mol. The first-order valence-corrected chi connectivity index (χ1v) is 10.7. The fourth-order valence-electron chi connectivity index (χ4n) is 4.23. The molecule has 0 bridgehead atoms. The lowest BCUT2D eigenvalue weighted by molar-refractivity contribution is 0.414. The highest BCUT2D eigenvalue weighted by atomic mass is 16.5. The molecule has 0 unspecified atom stereocenters. The van der Waals surface area contributed by atoms with Crippen LogP contribution >= 0.6 is 0 Å². The number of aryl methyl sites for hydroxylation is 1. The molecule has 1 aliphatic rings. The van der Waals surface area contributed by atoms with E-state index in [0.717, 1.165) is 43.2 Å². The summed E-state index contributed by atoms with van der Waals surface area (Å²) >= 11 is 0. The smallest absolute Gasteiger partial charge is 0.119 e. The molecule has 1 heterocycles. The molecule has 0 N–H and O–H groups in total. The van der Waals surface area contributed by atoms with Crippen LogP contribution in [0.2, 0.25) is 0 Å². The molecule has 31 heavy (non-hydrogen) atoms. The molecule has 5 nitrogen and oxygen atoms in total. The Morgan fingerprint density at radius 3 is 1.39 bits per heavy atom. The summed E-state index contributed by atoms with van der Waals surface area (Å²) in [6.07, 6.45) is 2.28. The minimum atomic E-state index is 0.267. The zero-order valence-electron chi connectivity index (χ0n) is 18.5. The van der Waals surface area contributed by atoms with E-state index in [1.165, 1.54) is 16.9 Å². The standard InChI is InChI=1S/C26H30N2O3/c1-29-23-11-4-20(5-12-23)6-17-26-27(21-7-13-24(30-2)14-8-21)18-19-28(26)22-9-15-25(31-3)16-10-22/h4-5,7-16,26H,6,17-19H2,1-3H3. The average Bonchev–Trinajstić information content (AvgIpc) is 3.27. The normalized spacial score (nSPS) is 14.0. The summed E-state index contributed by atoms with van der Waals surface area (Å²) < 4.78 is 16.0. The van der Waals surface area contributed by atoms with E-state index in [1.54, 1.807) is 21.3 Å². The van der Waals surface area contributed by atoms with Crippen molar-refractivity contribution in [3.8, 4) is 17.2 Å². The molecule has 0 aromatic heterocycles. The summed E-state index contributed by atoms with van der Waals surface area (Å²) in [4.78, 5) is 4.99. The largest absolute Gasteiger partial charge is 0.497 e. The number of ether oxygens (including phenoxy) is 3. The van der Waals surface area contributed by atoms with Crippen molar-refractivity contribution in [2.24, 2.45) is 0 Å². The summed E-state index contributed by atoms with van der Waals surface area (Å²) in [5, 5.41) is 0. The van der Waals surface area contributed by atoms with Gasteiger partial charge in [0.15, 0.2) is 0 Å². The maximum Gasteiger partial charge on any atom is 0.119 e. The highest BCUT2D eigenvalue weighted by Crippen LogP contribution is 2.32. The molecule has 0 saturated carbocycles. The van der Waals surface area contributed by atoms with Gasteiger partial charge in [0, 0.05) is 24.5 Å². The van der Waals surface area contributed by atoms with Crippen molar-refractivity contribution in [2.75, 3.05) is 44.2 Å². The van der Waals surface area contributed by atoms with Crippen LogP contribution in [0.3, 0.4) is 0 Å². The van der Waals surface area contributed by atoms with Crippen LogP contribution in [-0.4, -0.2) is 40.6 Å². The van der Waals surface area contributed by atoms with E-state index in [4.69, 9.17) is 14.2 Å². The number of methoxy groups -OCH3 is 3. The lowest BCUT2D eigenvalue weighted by Crippen LogP contribution is -2.39. The van der Waals surface area contributed by atoms with Gasteiger partial charge in [-0.1, -0.05) is 12.1 Å². The second-order valence-corrected chi connectivity index (χ2v) is 7.65. The SMILES string of the molecule is COc1ccc(CCC2N(c3ccc(OC)cc3)CCN2c2ccc(OC)cc2)cc1. The van der Waals surface area contributed by atoms with E-state index in [-0.39, 0.29) is 6.17 Å². The van der Waals surface area contributed by atoms with Gasteiger partial charge in [0.1, 0.15) is 23.4 Å². The Balaban J connectivity index is 1.57. The molecule has 5 heteroatoms. The maximum absolute atomic E-state index is 5.34. The molecular formula is C26H30N2O3. The molecule has 3 aromatic carbocycles. The van der Waals surface area contributed by atoms with Crippen LogP contribution in [0.15, 0.2) is 72.8 Å². The van der Waals surface area contributed by atoms with E-state index >= 15 is 0 Å². The van der Waals surface area contributed by atoms with Gasteiger partial charge in [-0.2, -0.15) is 0 Å². The summed E-state index contributed by atoms with van der Waals surface area (Å²) in [6, 6.07) is 25.1. The molecule has 4 rings (SSSR count). The van der Waals surface area contributed by atoms with Gasteiger partial charge in [-0.05, 0) is 79.1 Å². The van der Waals surface area contributed by atoms with Gasteiger partial charge in [-0.3, -0.25) is 0 Å². The molecule has 3 aromatic rings. The van der Waals surface area contributed by atoms with Gasteiger partial charge in [-0.15, -0.1) is 0 Å². The van der Waals surface area contributed by atoms with Crippen molar-refractivity contribution in [3.63, 3.8) is 0 Å². The Kier molecular flexibility index (Phi) is 6.51. The number of anilines is 2. The van der Waals surface area contributed by atoms with Gasteiger partial charge >= 0.3 is 0 Å². The zero-order valence-corrected chi connectivity index (χ0v) is 18.5. The van der Waals surface area contributed by atoms with E-state index in [2.05, 4.69) is 46.2 Å². The molecule has 0 aliphatic carbocycles. The van der Waals surface area contributed by atoms with E-state index in [1.807, 2.05) is 36.4 Å². The minimum Gasteiger partial charge on any atom is -0.497 e. The Morgan fingerprint density at radius 1 is 0.613 bits per heavy atom. The molecule has 1 saturated heterocycles. The fraction of sp³-hybridized carbons (Fsp3) is 0.308. The molecular weight excluding hydrogens is 388 g/mol. The number of rotatable bonds is 8. The second kappa shape index (κ2) is 9.65. The van der Waals surface area contributed by atoms with Gasteiger partial charge in [0.05, 0.1) is 21.3 Å². The third-order valence-corrected chi connectivity index (χ3v) is 5.96. The summed E-state index contributed by atoms with van der Waals surface area (Å²) in [7, 11) is 5.11. The second-order valence-electron chi connectivity index (χ2n) is 7.65. The predicted molar refractivity (Wildman–Crippen MR) is 126 cm³/mol. The van der Waals surface area contributed by atoms with Crippen LogP contribution in [0.25, 0.3) is 0 Å². The molecule has 1 aliphatic heterocycles. The van der Waals surface area contributed by atoms with Gasteiger partial charge in [0.2, 0.25) is 0 Å². The van der Waals surface area contributed by atoms with Gasteiger partial charge in [0.25, 0.3) is 0 Å². The molecule has 0 spiro atoms. The maximum atomic E-state index is 5.34. The monoisotopic (exact) mass is 418 g/mol. The number of benzene rings is 3. The number of hydrogen-bond donors (Lipinski definition) is 0. The van der Waals surface area contributed by atoms with Crippen LogP contribution in [0.4, 0.5) is 11.4 Å². The summed E-state index contributed by atoms with van der Waals surface area (Å²) in [5.74, 6) is 2.65. The third kappa shape index (κ3) is 4.71. The van der Waals surface area contributed by atoms with Crippen molar-refractivity contribution < 1.29 is 14.2 Å². The Morgan fingerprint density at radius 2 is 1.00 bits per heavy atom. The lowest BCUT2D eigenvalue weighted by atomic mass is 10.1. The van der Waals surface area contributed by atoms with Crippen LogP contribution in [0, 0.1) is 0 Å². The highest BCUT2D eigenvalue weighted by molar-refractivity contribution is 5.58. The van der Waals surface area contributed by atoms with Crippen molar-refractivity contribution in [2.45, 2.75) is 19.0 Å². The first-order valence-electron chi connectivity index (χ1n) is 10.7. The molecule has 0 radical (unpaired) electrons. The molecule has 0 amide bonds. The molecule has 0 atom stereocenters. The van der Waals surface area contributed by atoms with Gasteiger partial charge in [-0.25, -0.2) is 0 Å². The lowest BCUT2D eigenvalue weighted by Gasteiger charge is -2.33. The molecule has 1 fully saturated rings. The Hall–Kier alpha value is -3.34. The van der Waals surface area contributed by atoms with E-state index in [0.29, 0.717) is 0 Å². The van der Waals surface area contributed by atoms with Crippen LogP contribution < -0.4 is 24.0 Å². The number of hydrogen-bond acceptors (Lipinski definition) is 5. The Bertz CT molecular complexity index is 900. The third-order valence-electron chi connectivity index (χ3n) is 5.96. The van der Waals surface area contributed by atoms with Crippen LogP contribution in [0.1, 0.15) is 12.0 Å². The van der Waals surface area contributed by atoms with Crippen LogP contribution in [-0.2, 0) is 6.42 Å². The van der Waals surface area contributed by atoms with Crippen LogP contribution in [0.5, 0.6) is 17.2 Å². The predicted octanol–water partition coefficient (Wildman–Crippen LogP) is 5.00. The Labute approximate surface area is 184 Å². The summed E-state index contributed by atoms with van der Waals surface area (Å²) in [6.45, 7) is 1.96. The fourth-order valence-corrected chi connectivity index (χ4v) is 4.23. The minimum absolute atomic E-state index is 0.267. The first kappa shape index (κ1) is 20.9. The topological polar surface area (TPSA) is 34.2 Å².